The lowest BCUT2D eigenvalue weighted by molar-refractivity contribution is 0.0320. The average Bonchev–Trinajstić information content (AvgIpc) is 2.70. The summed E-state index contributed by atoms with van der Waals surface area (Å²) in [4.78, 5) is 11.9. The summed E-state index contributed by atoms with van der Waals surface area (Å²) in [5.74, 6) is 1.61. The molecule has 0 amide bonds. The van der Waals surface area contributed by atoms with Gasteiger partial charge in [0.25, 0.3) is 0 Å². The second kappa shape index (κ2) is 12.9. The van der Waals surface area contributed by atoms with E-state index < -0.39 is 0 Å². The Kier molecular flexibility index (Phi) is 11.0. The van der Waals surface area contributed by atoms with Crippen molar-refractivity contribution >= 4 is 41.5 Å². The van der Waals surface area contributed by atoms with Crippen LogP contribution in [-0.2, 0) is 11.3 Å². The molecule has 1 unspecified atom stereocenters. The van der Waals surface area contributed by atoms with Gasteiger partial charge in [-0.1, -0.05) is 30.7 Å². The average molecular weight is 536 g/mol. The molecule has 1 atom stereocenters. The first-order chi connectivity index (χ1) is 13.6. The SMILES string of the molecule is CN=C(NCC(C)CN1CCOCC1)N1CCN(Cc2cccc(Cl)c2)CC1.I. The van der Waals surface area contributed by atoms with E-state index in [-0.39, 0.29) is 24.0 Å². The number of guanidine groups is 1. The van der Waals surface area contributed by atoms with Gasteiger partial charge in [0.15, 0.2) is 5.96 Å². The Balaban J connectivity index is 0.00000300. The van der Waals surface area contributed by atoms with Crippen molar-refractivity contribution in [3.8, 4) is 0 Å². The molecule has 2 saturated heterocycles. The molecule has 3 rings (SSSR count). The number of hydrogen-bond donors (Lipinski definition) is 1. The molecule has 2 fully saturated rings. The number of benzene rings is 1. The maximum absolute atomic E-state index is 6.11. The minimum atomic E-state index is 0. The van der Waals surface area contributed by atoms with Crippen molar-refractivity contribution < 1.29 is 4.74 Å². The molecule has 2 aliphatic rings. The Bertz CT molecular complexity index is 633. The standard InChI is InChI=1S/C21H34ClN5O.HI/c1-18(16-26-10-12-28-13-11-26)15-24-21(23-2)27-8-6-25(7-9-27)17-19-4-3-5-20(22)14-19;/h3-5,14,18H,6-13,15-17H2,1-2H3,(H,23,24);1H. The van der Waals surface area contributed by atoms with Crippen molar-refractivity contribution in [3.05, 3.63) is 34.9 Å². The van der Waals surface area contributed by atoms with E-state index in [0.717, 1.165) is 83.1 Å². The minimum absolute atomic E-state index is 0. The molecule has 164 valence electrons. The first-order valence-corrected chi connectivity index (χ1v) is 10.7. The lowest BCUT2D eigenvalue weighted by atomic mass is 10.1. The van der Waals surface area contributed by atoms with Crippen LogP contribution in [-0.4, -0.2) is 93.3 Å². The summed E-state index contributed by atoms with van der Waals surface area (Å²) in [6.45, 7) is 13.2. The molecule has 0 aromatic heterocycles. The predicted molar refractivity (Wildman–Crippen MR) is 132 cm³/mol. The highest BCUT2D eigenvalue weighted by Crippen LogP contribution is 2.14. The zero-order chi connectivity index (χ0) is 19.8. The second-order valence-corrected chi connectivity index (χ2v) is 8.28. The fraction of sp³-hybridized carbons (Fsp3) is 0.667. The van der Waals surface area contributed by atoms with Crippen LogP contribution in [0.3, 0.4) is 0 Å². The normalized spacial score (nSPS) is 20.2. The van der Waals surface area contributed by atoms with Crippen LogP contribution in [0.4, 0.5) is 0 Å². The van der Waals surface area contributed by atoms with Gasteiger partial charge in [-0.3, -0.25) is 14.8 Å². The highest BCUT2D eigenvalue weighted by molar-refractivity contribution is 14.0. The summed E-state index contributed by atoms with van der Waals surface area (Å²) in [6.07, 6.45) is 0. The van der Waals surface area contributed by atoms with Crippen LogP contribution in [0.5, 0.6) is 0 Å². The molecule has 0 spiro atoms. The van der Waals surface area contributed by atoms with E-state index in [1.54, 1.807) is 0 Å². The lowest BCUT2D eigenvalue weighted by Gasteiger charge is -2.37. The molecule has 0 aliphatic carbocycles. The zero-order valence-electron chi connectivity index (χ0n) is 17.6. The molecule has 1 aromatic carbocycles. The number of ether oxygens (including phenoxy) is 1. The Morgan fingerprint density at radius 1 is 1.14 bits per heavy atom. The number of nitrogens with one attached hydrogen (secondary N) is 1. The van der Waals surface area contributed by atoms with Gasteiger partial charge in [-0.2, -0.15) is 0 Å². The zero-order valence-corrected chi connectivity index (χ0v) is 20.7. The van der Waals surface area contributed by atoms with Crippen LogP contribution in [0.15, 0.2) is 29.3 Å². The van der Waals surface area contributed by atoms with E-state index in [1.807, 2.05) is 19.2 Å². The molecule has 29 heavy (non-hydrogen) atoms. The first-order valence-electron chi connectivity index (χ1n) is 10.4. The molecule has 0 radical (unpaired) electrons. The number of aliphatic imine (C=N–C) groups is 1. The number of morpholine rings is 1. The van der Waals surface area contributed by atoms with Gasteiger partial charge in [-0.05, 0) is 23.6 Å². The summed E-state index contributed by atoms with van der Waals surface area (Å²) in [7, 11) is 1.88. The van der Waals surface area contributed by atoms with Gasteiger partial charge >= 0.3 is 0 Å². The number of nitrogens with zero attached hydrogens (tertiary/aromatic N) is 4. The molecule has 1 N–H and O–H groups in total. The van der Waals surface area contributed by atoms with E-state index in [4.69, 9.17) is 16.3 Å². The van der Waals surface area contributed by atoms with Crippen LogP contribution in [0.2, 0.25) is 5.02 Å². The van der Waals surface area contributed by atoms with Crippen LogP contribution in [0.25, 0.3) is 0 Å². The molecule has 0 saturated carbocycles. The quantitative estimate of drug-likeness (QED) is 0.345. The van der Waals surface area contributed by atoms with Crippen LogP contribution < -0.4 is 5.32 Å². The van der Waals surface area contributed by atoms with Crippen LogP contribution in [0.1, 0.15) is 12.5 Å². The Labute approximate surface area is 197 Å². The summed E-state index contributed by atoms with van der Waals surface area (Å²) < 4.78 is 5.43. The van der Waals surface area contributed by atoms with Crippen molar-refractivity contribution in [2.45, 2.75) is 13.5 Å². The minimum Gasteiger partial charge on any atom is -0.379 e. The Hall–Kier alpha value is -0.610. The van der Waals surface area contributed by atoms with E-state index >= 15 is 0 Å². The number of hydrogen-bond acceptors (Lipinski definition) is 4. The van der Waals surface area contributed by atoms with Crippen molar-refractivity contribution in [1.29, 1.82) is 0 Å². The van der Waals surface area contributed by atoms with Gasteiger partial charge in [0, 0.05) is 71.0 Å². The molecular weight excluding hydrogens is 501 g/mol. The third-order valence-electron chi connectivity index (χ3n) is 5.46. The lowest BCUT2D eigenvalue weighted by Crippen LogP contribution is -2.53. The molecule has 2 aliphatic heterocycles. The summed E-state index contributed by atoms with van der Waals surface area (Å²) >= 11 is 6.11. The van der Waals surface area contributed by atoms with Crippen molar-refractivity contribution in [2.75, 3.05) is 72.6 Å². The first kappa shape index (κ1) is 24.7. The third-order valence-corrected chi connectivity index (χ3v) is 5.70. The number of halogens is 2. The largest absolute Gasteiger partial charge is 0.379 e. The number of piperazine rings is 1. The highest BCUT2D eigenvalue weighted by atomic mass is 127. The summed E-state index contributed by atoms with van der Waals surface area (Å²) in [6, 6.07) is 8.16. The van der Waals surface area contributed by atoms with Gasteiger partial charge in [0.1, 0.15) is 0 Å². The van der Waals surface area contributed by atoms with Crippen molar-refractivity contribution in [2.24, 2.45) is 10.9 Å². The van der Waals surface area contributed by atoms with Crippen molar-refractivity contribution in [3.63, 3.8) is 0 Å². The van der Waals surface area contributed by atoms with Crippen molar-refractivity contribution in [1.82, 2.24) is 20.0 Å². The molecule has 2 heterocycles. The van der Waals surface area contributed by atoms with Crippen LogP contribution >= 0.6 is 35.6 Å². The summed E-state index contributed by atoms with van der Waals surface area (Å²) in [5.41, 5.74) is 1.28. The Morgan fingerprint density at radius 3 is 2.52 bits per heavy atom. The maximum Gasteiger partial charge on any atom is 0.193 e. The topological polar surface area (TPSA) is 43.3 Å². The molecule has 0 bridgehead atoms. The predicted octanol–water partition coefficient (Wildman–Crippen LogP) is 2.62. The van der Waals surface area contributed by atoms with E-state index in [1.165, 1.54) is 5.56 Å². The van der Waals surface area contributed by atoms with E-state index in [2.05, 4.69) is 44.1 Å². The molecule has 8 heteroatoms. The second-order valence-electron chi connectivity index (χ2n) is 7.84. The van der Waals surface area contributed by atoms with Gasteiger partial charge in [0.2, 0.25) is 0 Å². The smallest absolute Gasteiger partial charge is 0.193 e. The van der Waals surface area contributed by atoms with Gasteiger partial charge in [0.05, 0.1) is 13.2 Å². The highest BCUT2D eigenvalue weighted by Gasteiger charge is 2.20. The van der Waals surface area contributed by atoms with Gasteiger partial charge in [-0.25, -0.2) is 0 Å². The summed E-state index contributed by atoms with van der Waals surface area (Å²) in [5, 5.41) is 4.39. The van der Waals surface area contributed by atoms with Gasteiger partial charge in [-0.15, -0.1) is 24.0 Å². The van der Waals surface area contributed by atoms with E-state index in [0.29, 0.717) is 5.92 Å². The molecule has 6 nitrogen and oxygen atoms in total. The molecule has 1 aromatic rings. The number of rotatable bonds is 6. The third kappa shape index (κ3) is 8.20. The fourth-order valence-electron chi connectivity index (χ4n) is 3.90. The van der Waals surface area contributed by atoms with E-state index in [9.17, 15) is 0 Å². The monoisotopic (exact) mass is 535 g/mol. The van der Waals surface area contributed by atoms with Crippen LogP contribution in [0, 0.1) is 5.92 Å². The Morgan fingerprint density at radius 2 is 1.86 bits per heavy atom. The fourth-order valence-corrected chi connectivity index (χ4v) is 4.11. The molecular formula is C21H35ClIN5O. The van der Waals surface area contributed by atoms with Gasteiger partial charge < -0.3 is 15.0 Å². The maximum atomic E-state index is 6.11.